The maximum absolute atomic E-state index is 5.97. The molecule has 16 heavy (non-hydrogen) atoms. The van der Waals surface area contributed by atoms with Gasteiger partial charge in [-0.1, -0.05) is 25.4 Å². The molecule has 88 valence electrons. The number of rotatable bonds is 2. The second kappa shape index (κ2) is 4.58. The van der Waals surface area contributed by atoms with E-state index in [-0.39, 0.29) is 0 Å². The first-order chi connectivity index (χ1) is 7.46. The van der Waals surface area contributed by atoms with Crippen LogP contribution in [0.3, 0.4) is 0 Å². The topological polar surface area (TPSA) is 12.0 Å². The molecule has 0 heterocycles. The van der Waals surface area contributed by atoms with E-state index in [4.69, 9.17) is 11.6 Å². The summed E-state index contributed by atoms with van der Waals surface area (Å²) in [7, 11) is 0. The molecule has 0 spiro atoms. The molecule has 1 atom stereocenters. The van der Waals surface area contributed by atoms with Gasteiger partial charge in [0.25, 0.3) is 0 Å². The Bertz CT molecular complexity index is 390. The molecule has 0 bridgehead atoms. The highest BCUT2D eigenvalue weighted by Crippen LogP contribution is 2.38. The quantitative estimate of drug-likeness (QED) is 0.802. The summed E-state index contributed by atoms with van der Waals surface area (Å²) in [5.41, 5.74) is 1.64. The molecule has 2 rings (SSSR count). The summed E-state index contributed by atoms with van der Waals surface area (Å²) in [6.45, 7) is 4.68. The SMILES string of the molecule is CC1(C)CCC(Nc2ccc(Cl)c(Br)c2)C1. The minimum absolute atomic E-state index is 0.487. The zero-order valence-corrected chi connectivity index (χ0v) is 12.0. The van der Waals surface area contributed by atoms with Crippen molar-refractivity contribution >= 4 is 33.2 Å². The van der Waals surface area contributed by atoms with Gasteiger partial charge in [-0.25, -0.2) is 0 Å². The van der Waals surface area contributed by atoms with Crippen LogP contribution in [0.4, 0.5) is 5.69 Å². The number of halogens is 2. The molecule has 0 aromatic heterocycles. The van der Waals surface area contributed by atoms with E-state index in [1.807, 2.05) is 18.2 Å². The number of hydrogen-bond acceptors (Lipinski definition) is 1. The zero-order chi connectivity index (χ0) is 11.8. The molecule has 1 fully saturated rings. The number of benzene rings is 1. The van der Waals surface area contributed by atoms with Gasteiger partial charge in [-0.05, 0) is 58.8 Å². The van der Waals surface area contributed by atoms with Gasteiger partial charge in [-0.15, -0.1) is 0 Å². The minimum Gasteiger partial charge on any atom is -0.382 e. The molecule has 1 aromatic rings. The van der Waals surface area contributed by atoms with Crippen LogP contribution in [-0.2, 0) is 0 Å². The molecule has 1 aliphatic carbocycles. The van der Waals surface area contributed by atoms with Gasteiger partial charge in [0.05, 0.1) is 5.02 Å². The first-order valence-electron chi connectivity index (χ1n) is 5.68. The fourth-order valence-electron chi connectivity index (χ4n) is 2.38. The van der Waals surface area contributed by atoms with Crippen LogP contribution in [0.2, 0.25) is 5.02 Å². The summed E-state index contributed by atoms with van der Waals surface area (Å²) in [5, 5.41) is 4.34. The maximum atomic E-state index is 5.97. The third-order valence-electron chi connectivity index (χ3n) is 3.26. The average molecular weight is 303 g/mol. The first-order valence-corrected chi connectivity index (χ1v) is 6.85. The molecule has 3 heteroatoms. The van der Waals surface area contributed by atoms with Crippen molar-refractivity contribution in [2.75, 3.05) is 5.32 Å². The first kappa shape index (κ1) is 12.3. The van der Waals surface area contributed by atoms with Crippen LogP contribution < -0.4 is 5.32 Å². The summed E-state index contributed by atoms with van der Waals surface area (Å²) < 4.78 is 0.955. The number of nitrogens with one attached hydrogen (secondary N) is 1. The lowest BCUT2D eigenvalue weighted by Crippen LogP contribution is -2.17. The lowest BCUT2D eigenvalue weighted by molar-refractivity contribution is 0.378. The third-order valence-corrected chi connectivity index (χ3v) is 4.47. The maximum Gasteiger partial charge on any atom is 0.0549 e. The van der Waals surface area contributed by atoms with Gasteiger partial charge < -0.3 is 5.32 Å². The molecule has 1 unspecified atom stereocenters. The van der Waals surface area contributed by atoms with Crippen LogP contribution >= 0.6 is 27.5 Å². The molecule has 0 saturated heterocycles. The smallest absolute Gasteiger partial charge is 0.0549 e. The predicted octanol–water partition coefficient (Wildman–Crippen LogP) is 5.09. The summed E-state index contributed by atoms with van der Waals surface area (Å²) in [5.74, 6) is 0. The molecule has 0 aliphatic heterocycles. The van der Waals surface area contributed by atoms with Crippen LogP contribution in [0.1, 0.15) is 33.1 Å². The van der Waals surface area contributed by atoms with E-state index in [9.17, 15) is 0 Å². The van der Waals surface area contributed by atoms with Crippen molar-refractivity contribution in [2.45, 2.75) is 39.2 Å². The zero-order valence-electron chi connectivity index (χ0n) is 9.69. The van der Waals surface area contributed by atoms with Crippen LogP contribution in [0.25, 0.3) is 0 Å². The van der Waals surface area contributed by atoms with E-state index >= 15 is 0 Å². The van der Waals surface area contributed by atoms with Crippen molar-refractivity contribution in [2.24, 2.45) is 5.41 Å². The Morgan fingerprint density at radius 1 is 1.44 bits per heavy atom. The van der Waals surface area contributed by atoms with Gasteiger partial charge in [0, 0.05) is 16.2 Å². The Kier molecular flexibility index (Phi) is 3.50. The van der Waals surface area contributed by atoms with E-state index in [0.717, 1.165) is 15.2 Å². The van der Waals surface area contributed by atoms with E-state index in [2.05, 4.69) is 35.1 Å². The second-order valence-electron chi connectivity index (χ2n) is 5.38. The van der Waals surface area contributed by atoms with Crippen LogP contribution in [0.15, 0.2) is 22.7 Å². The number of anilines is 1. The Morgan fingerprint density at radius 3 is 2.75 bits per heavy atom. The molecule has 1 nitrogen and oxygen atoms in total. The molecule has 0 amide bonds. The van der Waals surface area contributed by atoms with E-state index in [1.165, 1.54) is 19.3 Å². The largest absolute Gasteiger partial charge is 0.382 e. The highest BCUT2D eigenvalue weighted by Gasteiger charge is 2.30. The summed E-state index contributed by atoms with van der Waals surface area (Å²) in [4.78, 5) is 0. The standard InChI is InChI=1S/C13H17BrClN/c1-13(2)6-5-10(8-13)16-9-3-4-12(15)11(14)7-9/h3-4,7,10,16H,5-6,8H2,1-2H3. The molecule has 1 saturated carbocycles. The van der Waals surface area contributed by atoms with Crippen molar-refractivity contribution in [3.8, 4) is 0 Å². The van der Waals surface area contributed by atoms with Crippen LogP contribution in [-0.4, -0.2) is 6.04 Å². The van der Waals surface area contributed by atoms with Gasteiger partial charge in [-0.2, -0.15) is 0 Å². The highest BCUT2D eigenvalue weighted by atomic mass is 79.9. The Balaban J connectivity index is 2.02. The van der Waals surface area contributed by atoms with E-state index in [0.29, 0.717) is 11.5 Å². The summed E-state index contributed by atoms with van der Waals surface area (Å²) >= 11 is 9.41. The van der Waals surface area contributed by atoms with E-state index < -0.39 is 0 Å². The fraction of sp³-hybridized carbons (Fsp3) is 0.538. The lowest BCUT2D eigenvalue weighted by atomic mass is 9.92. The van der Waals surface area contributed by atoms with Gasteiger partial charge in [0.15, 0.2) is 0 Å². The Labute approximate surface area is 111 Å². The van der Waals surface area contributed by atoms with Gasteiger partial charge in [0.2, 0.25) is 0 Å². The van der Waals surface area contributed by atoms with E-state index in [1.54, 1.807) is 0 Å². The second-order valence-corrected chi connectivity index (χ2v) is 6.64. The fourth-order valence-corrected chi connectivity index (χ4v) is 2.88. The minimum atomic E-state index is 0.487. The van der Waals surface area contributed by atoms with Crippen LogP contribution in [0.5, 0.6) is 0 Å². The molecular weight excluding hydrogens is 286 g/mol. The Morgan fingerprint density at radius 2 is 2.19 bits per heavy atom. The van der Waals surface area contributed by atoms with Crippen LogP contribution in [0, 0.1) is 5.41 Å². The lowest BCUT2D eigenvalue weighted by Gasteiger charge is -2.18. The summed E-state index contributed by atoms with van der Waals surface area (Å²) in [6, 6.07) is 6.61. The predicted molar refractivity (Wildman–Crippen MR) is 74.2 cm³/mol. The molecule has 1 N–H and O–H groups in total. The van der Waals surface area contributed by atoms with Crippen molar-refractivity contribution in [1.29, 1.82) is 0 Å². The molecule has 1 aliphatic rings. The molecule has 1 aromatic carbocycles. The van der Waals surface area contributed by atoms with Gasteiger partial charge in [-0.3, -0.25) is 0 Å². The van der Waals surface area contributed by atoms with Crippen molar-refractivity contribution in [3.05, 3.63) is 27.7 Å². The number of hydrogen-bond donors (Lipinski definition) is 1. The summed E-state index contributed by atoms with van der Waals surface area (Å²) in [6.07, 6.45) is 3.81. The van der Waals surface area contributed by atoms with Gasteiger partial charge >= 0.3 is 0 Å². The van der Waals surface area contributed by atoms with Crippen molar-refractivity contribution in [3.63, 3.8) is 0 Å². The van der Waals surface area contributed by atoms with Crippen molar-refractivity contribution in [1.82, 2.24) is 0 Å². The highest BCUT2D eigenvalue weighted by molar-refractivity contribution is 9.10. The Hall–Kier alpha value is -0.210. The molecule has 0 radical (unpaired) electrons. The normalized spacial score (nSPS) is 23.4. The van der Waals surface area contributed by atoms with Crippen molar-refractivity contribution < 1.29 is 0 Å². The monoisotopic (exact) mass is 301 g/mol. The third kappa shape index (κ3) is 2.92. The molecular formula is C13H17BrClN. The average Bonchev–Trinajstić information content (AvgIpc) is 2.52. The van der Waals surface area contributed by atoms with Gasteiger partial charge in [0.1, 0.15) is 0 Å².